The largest absolute Gasteiger partial charge is 0.502 e. The lowest BCUT2D eigenvalue weighted by molar-refractivity contribution is 0.150. The second kappa shape index (κ2) is 5.03. The van der Waals surface area contributed by atoms with Gasteiger partial charge in [0.05, 0.1) is 19.0 Å². The van der Waals surface area contributed by atoms with Crippen molar-refractivity contribution in [2.75, 3.05) is 7.11 Å². The summed E-state index contributed by atoms with van der Waals surface area (Å²) in [5.74, 6) is 0.562. The number of benzene rings is 1. The van der Waals surface area contributed by atoms with Crippen LogP contribution in [0.25, 0.3) is 0 Å². The van der Waals surface area contributed by atoms with E-state index in [2.05, 4.69) is 6.58 Å². The zero-order valence-electron chi connectivity index (χ0n) is 8.03. The fourth-order valence-electron chi connectivity index (χ4n) is 1.10. The van der Waals surface area contributed by atoms with Crippen molar-refractivity contribution in [1.82, 2.24) is 0 Å². The number of hydrogen-bond donors (Lipinski definition) is 1. The van der Waals surface area contributed by atoms with Crippen molar-refractivity contribution >= 4 is 11.6 Å². The molecule has 0 spiro atoms. The molecule has 3 heteroatoms. The first-order valence-corrected chi connectivity index (χ1v) is 4.66. The van der Waals surface area contributed by atoms with Crippen LogP contribution in [-0.4, -0.2) is 12.2 Å². The Morgan fingerprint density at radius 3 is 2.57 bits per heavy atom. The molecule has 0 fully saturated rings. The summed E-state index contributed by atoms with van der Waals surface area (Å²) in [6.07, 6.45) is -0.183. The number of methoxy groups -OCH3 is 1. The summed E-state index contributed by atoms with van der Waals surface area (Å²) in [6, 6.07) is 7.07. The topological polar surface area (TPSA) is 29.5 Å². The molecule has 1 aromatic rings. The van der Waals surface area contributed by atoms with Crippen molar-refractivity contribution in [3.05, 3.63) is 47.2 Å². The van der Waals surface area contributed by atoms with E-state index in [4.69, 9.17) is 16.3 Å². The minimum absolute atomic E-state index is 0.401. The van der Waals surface area contributed by atoms with Crippen LogP contribution in [0.1, 0.15) is 18.1 Å². The van der Waals surface area contributed by atoms with Gasteiger partial charge in [0.1, 0.15) is 0 Å². The maximum atomic E-state index is 9.73. The molecule has 1 N–H and O–H groups in total. The van der Waals surface area contributed by atoms with Crippen molar-refractivity contribution in [2.24, 2.45) is 0 Å². The Bertz CT molecular complexity index is 306. The van der Waals surface area contributed by atoms with Gasteiger partial charge in [0, 0.05) is 11.4 Å². The Labute approximate surface area is 88.8 Å². The standard InChI is InChI=1S/C11H13ClO2/c1-8(14-2)7-11(13)9-3-5-10(12)6-4-9/h3-6,11,13H,1,7H2,2H3/t11-/m0/s1. The maximum absolute atomic E-state index is 9.73. The van der Waals surface area contributed by atoms with Gasteiger partial charge in [-0.2, -0.15) is 0 Å². The Hall–Kier alpha value is -0.990. The third-order valence-electron chi connectivity index (χ3n) is 1.96. The molecule has 1 rings (SSSR count). The molecule has 0 aliphatic heterocycles. The fraction of sp³-hybridized carbons (Fsp3) is 0.273. The van der Waals surface area contributed by atoms with E-state index in [0.717, 1.165) is 5.56 Å². The van der Waals surface area contributed by atoms with Crippen LogP contribution in [0.4, 0.5) is 0 Å². The lowest BCUT2D eigenvalue weighted by Gasteiger charge is -2.11. The number of rotatable bonds is 4. The number of halogens is 1. The predicted molar refractivity (Wildman–Crippen MR) is 57.2 cm³/mol. The smallest absolute Gasteiger partial charge is 0.0913 e. The van der Waals surface area contributed by atoms with Gasteiger partial charge in [0.2, 0.25) is 0 Å². The van der Waals surface area contributed by atoms with Crippen LogP contribution in [0.15, 0.2) is 36.6 Å². The van der Waals surface area contributed by atoms with Crippen LogP contribution in [0.3, 0.4) is 0 Å². The van der Waals surface area contributed by atoms with Gasteiger partial charge >= 0.3 is 0 Å². The summed E-state index contributed by atoms with van der Waals surface area (Å²) in [5, 5.41) is 10.4. The molecule has 0 amide bonds. The molecular formula is C11H13ClO2. The predicted octanol–water partition coefficient (Wildman–Crippen LogP) is 2.92. The molecule has 0 saturated heterocycles. The van der Waals surface area contributed by atoms with E-state index in [1.165, 1.54) is 7.11 Å². The van der Waals surface area contributed by atoms with Gasteiger partial charge < -0.3 is 9.84 Å². The molecule has 0 saturated carbocycles. The zero-order chi connectivity index (χ0) is 10.6. The van der Waals surface area contributed by atoms with Crippen molar-refractivity contribution in [3.63, 3.8) is 0 Å². The molecule has 0 radical (unpaired) electrons. The molecule has 0 unspecified atom stereocenters. The summed E-state index contributed by atoms with van der Waals surface area (Å²) < 4.78 is 4.89. The molecule has 2 nitrogen and oxygen atoms in total. The van der Waals surface area contributed by atoms with Crippen LogP contribution >= 0.6 is 11.6 Å². The molecule has 0 bridgehead atoms. The van der Waals surface area contributed by atoms with E-state index in [0.29, 0.717) is 17.2 Å². The Balaban J connectivity index is 2.65. The van der Waals surface area contributed by atoms with Gasteiger partial charge in [-0.15, -0.1) is 0 Å². The molecule has 76 valence electrons. The highest BCUT2D eigenvalue weighted by molar-refractivity contribution is 6.30. The average Bonchev–Trinajstić information content (AvgIpc) is 2.18. The van der Waals surface area contributed by atoms with Gasteiger partial charge in [-0.25, -0.2) is 0 Å². The SMILES string of the molecule is C=C(C[C@H](O)c1ccc(Cl)cc1)OC. The molecule has 1 atom stereocenters. The quantitative estimate of drug-likeness (QED) is 0.778. The van der Waals surface area contributed by atoms with Gasteiger partial charge in [0.25, 0.3) is 0 Å². The second-order valence-corrected chi connectivity index (χ2v) is 3.45. The fourth-order valence-corrected chi connectivity index (χ4v) is 1.23. The number of aliphatic hydroxyl groups is 1. The lowest BCUT2D eigenvalue weighted by atomic mass is 10.1. The highest BCUT2D eigenvalue weighted by atomic mass is 35.5. The van der Waals surface area contributed by atoms with Crippen LogP contribution < -0.4 is 0 Å². The molecular weight excluding hydrogens is 200 g/mol. The van der Waals surface area contributed by atoms with Crippen LogP contribution in [0, 0.1) is 0 Å². The summed E-state index contributed by atoms with van der Waals surface area (Å²) in [5.41, 5.74) is 0.813. The van der Waals surface area contributed by atoms with Gasteiger partial charge in [-0.05, 0) is 17.7 Å². The van der Waals surface area contributed by atoms with Crippen molar-refractivity contribution in [2.45, 2.75) is 12.5 Å². The Morgan fingerprint density at radius 1 is 1.50 bits per heavy atom. The molecule has 14 heavy (non-hydrogen) atoms. The first-order chi connectivity index (χ1) is 6.63. The minimum Gasteiger partial charge on any atom is -0.502 e. The summed E-state index contributed by atoms with van der Waals surface area (Å²) in [6.45, 7) is 3.65. The summed E-state index contributed by atoms with van der Waals surface area (Å²) in [7, 11) is 1.54. The van der Waals surface area contributed by atoms with E-state index >= 15 is 0 Å². The third-order valence-corrected chi connectivity index (χ3v) is 2.22. The minimum atomic E-state index is -0.584. The Kier molecular flexibility index (Phi) is 3.98. The van der Waals surface area contributed by atoms with E-state index in [9.17, 15) is 5.11 Å². The highest BCUT2D eigenvalue weighted by Crippen LogP contribution is 2.21. The monoisotopic (exact) mass is 212 g/mol. The number of hydrogen-bond acceptors (Lipinski definition) is 2. The molecule has 1 aromatic carbocycles. The zero-order valence-corrected chi connectivity index (χ0v) is 8.79. The number of ether oxygens (including phenoxy) is 1. The van der Waals surface area contributed by atoms with Crippen molar-refractivity contribution in [3.8, 4) is 0 Å². The second-order valence-electron chi connectivity index (χ2n) is 3.01. The molecule has 0 aliphatic carbocycles. The average molecular weight is 213 g/mol. The van der Waals surface area contributed by atoms with Crippen molar-refractivity contribution < 1.29 is 9.84 Å². The number of aliphatic hydroxyl groups excluding tert-OH is 1. The van der Waals surface area contributed by atoms with E-state index in [1.54, 1.807) is 24.3 Å². The van der Waals surface area contributed by atoms with Gasteiger partial charge in [0.15, 0.2) is 0 Å². The van der Waals surface area contributed by atoms with Crippen LogP contribution in [0.5, 0.6) is 0 Å². The maximum Gasteiger partial charge on any atom is 0.0913 e. The van der Waals surface area contributed by atoms with Gasteiger partial charge in [-0.3, -0.25) is 0 Å². The van der Waals surface area contributed by atoms with E-state index in [1.807, 2.05) is 0 Å². The first kappa shape index (κ1) is 11.1. The highest BCUT2D eigenvalue weighted by Gasteiger charge is 2.08. The molecule has 0 aliphatic rings. The lowest BCUT2D eigenvalue weighted by Crippen LogP contribution is -1.99. The normalized spacial score (nSPS) is 12.2. The summed E-state index contributed by atoms with van der Waals surface area (Å²) in [4.78, 5) is 0. The Morgan fingerprint density at radius 2 is 2.07 bits per heavy atom. The molecule has 0 aromatic heterocycles. The van der Waals surface area contributed by atoms with Crippen LogP contribution in [0.2, 0.25) is 5.02 Å². The van der Waals surface area contributed by atoms with Crippen LogP contribution in [-0.2, 0) is 4.74 Å². The van der Waals surface area contributed by atoms with E-state index < -0.39 is 6.10 Å². The van der Waals surface area contributed by atoms with E-state index in [-0.39, 0.29) is 0 Å². The molecule has 0 heterocycles. The van der Waals surface area contributed by atoms with Gasteiger partial charge in [-0.1, -0.05) is 30.3 Å². The third kappa shape index (κ3) is 3.05. The summed E-state index contributed by atoms with van der Waals surface area (Å²) >= 11 is 5.73. The first-order valence-electron chi connectivity index (χ1n) is 4.28. The van der Waals surface area contributed by atoms with Crippen molar-refractivity contribution in [1.29, 1.82) is 0 Å².